The van der Waals surface area contributed by atoms with Gasteiger partial charge in [-0.3, -0.25) is 19.2 Å². The largest absolute Gasteiger partial charge is 0.456 e. The fraction of sp³-hybridized carbons (Fsp3) is 0.273. The predicted molar refractivity (Wildman–Crippen MR) is 108 cm³/mol. The van der Waals surface area contributed by atoms with Crippen molar-refractivity contribution < 1.29 is 23.9 Å². The van der Waals surface area contributed by atoms with Crippen LogP contribution in [0.2, 0.25) is 0 Å². The first-order valence-corrected chi connectivity index (χ1v) is 9.47. The van der Waals surface area contributed by atoms with Crippen LogP contribution in [0, 0.1) is 0 Å². The molecule has 1 heterocycles. The normalized spacial score (nSPS) is 13.2. The molecule has 7 nitrogen and oxygen atoms in total. The molecule has 0 spiro atoms. The summed E-state index contributed by atoms with van der Waals surface area (Å²) in [5.74, 6) is -1.19. The molecule has 1 saturated heterocycles. The number of amides is 2. The first-order valence-electron chi connectivity index (χ1n) is 9.47. The summed E-state index contributed by atoms with van der Waals surface area (Å²) in [6.45, 7) is 0.223. The molecule has 2 amide bonds. The van der Waals surface area contributed by atoms with Gasteiger partial charge >= 0.3 is 5.97 Å². The van der Waals surface area contributed by atoms with E-state index in [4.69, 9.17) is 4.74 Å². The molecule has 0 unspecified atom stereocenters. The highest BCUT2D eigenvalue weighted by Gasteiger charge is 2.21. The molecule has 1 aliphatic rings. The summed E-state index contributed by atoms with van der Waals surface area (Å²) >= 11 is 0. The van der Waals surface area contributed by atoms with E-state index in [0.717, 1.165) is 12.1 Å². The van der Waals surface area contributed by atoms with Crippen molar-refractivity contribution in [1.29, 1.82) is 0 Å². The van der Waals surface area contributed by atoms with Crippen LogP contribution >= 0.6 is 0 Å². The van der Waals surface area contributed by atoms with Crippen molar-refractivity contribution in [1.82, 2.24) is 0 Å². The molecule has 2 aromatic carbocycles. The Bertz CT molecular complexity index is 910. The molecule has 1 N–H and O–H groups in total. The van der Waals surface area contributed by atoms with E-state index in [-0.39, 0.29) is 24.5 Å². The molecular formula is C22H22N2O5. The Morgan fingerprint density at radius 1 is 1.00 bits per heavy atom. The Hall–Kier alpha value is -3.48. The second-order valence-corrected chi connectivity index (χ2v) is 6.70. The highest BCUT2D eigenvalue weighted by atomic mass is 16.5. The van der Waals surface area contributed by atoms with Crippen LogP contribution in [0.1, 0.15) is 36.0 Å². The number of carbonyl (C=O) groups is 4. The third-order valence-electron chi connectivity index (χ3n) is 4.53. The number of ether oxygens (including phenoxy) is 1. The van der Waals surface area contributed by atoms with Crippen LogP contribution in [-0.2, 0) is 19.1 Å². The van der Waals surface area contributed by atoms with Gasteiger partial charge in [-0.05, 0) is 24.6 Å². The van der Waals surface area contributed by atoms with Crippen LogP contribution in [0.3, 0.4) is 0 Å². The van der Waals surface area contributed by atoms with Crippen molar-refractivity contribution in [2.75, 3.05) is 23.4 Å². The maximum Gasteiger partial charge on any atom is 0.306 e. The van der Waals surface area contributed by atoms with Gasteiger partial charge in [0.05, 0.1) is 6.42 Å². The third-order valence-corrected chi connectivity index (χ3v) is 4.53. The van der Waals surface area contributed by atoms with Crippen LogP contribution in [0.25, 0.3) is 0 Å². The highest BCUT2D eigenvalue weighted by Crippen LogP contribution is 2.24. The van der Waals surface area contributed by atoms with Crippen molar-refractivity contribution >= 4 is 34.9 Å². The van der Waals surface area contributed by atoms with Crippen molar-refractivity contribution in [3.8, 4) is 0 Å². The summed E-state index contributed by atoms with van der Waals surface area (Å²) in [6, 6.07) is 15.7. The first kappa shape index (κ1) is 20.3. The van der Waals surface area contributed by atoms with E-state index in [1.54, 1.807) is 47.4 Å². The molecule has 0 aliphatic carbocycles. The van der Waals surface area contributed by atoms with Crippen molar-refractivity contribution in [2.45, 2.75) is 25.7 Å². The van der Waals surface area contributed by atoms with E-state index < -0.39 is 18.5 Å². The summed E-state index contributed by atoms with van der Waals surface area (Å²) in [5, 5.41) is 2.65. The molecule has 150 valence electrons. The zero-order valence-electron chi connectivity index (χ0n) is 15.9. The Balaban J connectivity index is 1.43. The first-order chi connectivity index (χ1) is 14.0. The van der Waals surface area contributed by atoms with E-state index >= 15 is 0 Å². The van der Waals surface area contributed by atoms with Gasteiger partial charge in [0, 0.05) is 36.3 Å². The fourth-order valence-corrected chi connectivity index (χ4v) is 3.07. The summed E-state index contributed by atoms with van der Waals surface area (Å²) < 4.78 is 4.94. The lowest BCUT2D eigenvalue weighted by Gasteiger charge is -2.16. The topological polar surface area (TPSA) is 92.8 Å². The van der Waals surface area contributed by atoms with E-state index in [1.165, 1.54) is 0 Å². The molecule has 1 fully saturated rings. The third kappa shape index (κ3) is 5.75. The van der Waals surface area contributed by atoms with E-state index in [0.29, 0.717) is 24.2 Å². The second-order valence-electron chi connectivity index (χ2n) is 6.70. The van der Waals surface area contributed by atoms with E-state index in [2.05, 4.69) is 5.32 Å². The van der Waals surface area contributed by atoms with Gasteiger partial charge in [-0.2, -0.15) is 0 Å². The molecule has 0 radical (unpaired) electrons. The highest BCUT2D eigenvalue weighted by molar-refractivity contribution is 5.98. The Morgan fingerprint density at radius 2 is 1.79 bits per heavy atom. The quantitative estimate of drug-likeness (QED) is 0.549. The second kappa shape index (κ2) is 9.64. The number of hydrogen-bond acceptors (Lipinski definition) is 5. The standard InChI is InChI=1S/C22H22N2O5/c25-19(16-6-2-1-3-7-16)11-12-22(28)29-15-20(26)23-17-8-4-9-18(14-17)24-13-5-10-21(24)27/h1-4,6-9,14H,5,10-13,15H2,(H,23,26). The maximum atomic E-state index is 12.0. The number of nitrogens with zero attached hydrogens (tertiary/aromatic N) is 1. The van der Waals surface area contributed by atoms with Gasteiger partial charge in [-0.25, -0.2) is 0 Å². The minimum atomic E-state index is -0.610. The summed E-state index contributed by atoms with van der Waals surface area (Å²) in [6.07, 6.45) is 1.28. The van der Waals surface area contributed by atoms with E-state index in [9.17, 15) is 19.2 Å². The molecule has 29 heavy (non-hydrogen) atoms. The number of rotatable bonds is 8. The zero-order chi connectivity index (χ0) is 20.6. The Labute approximate surface area is 168 Å². The Morgan fingerprint density at radius 3 is 2.52 bits per heavy atom. The monoisotopic (exact) mass is 394 g/mol. The molecule has 0 saturated carbocycles. The van der Waals surface area contributed by atoms with Gasteiger partial charge in [0.25, 0.3) is 5.91 Å². The number of ketones is 1. The van der Waals surface area contributed by atoms with Gasteiger partial charge in [0.15, 0.2) is 12.4 Å². The smallest absolute Gasteiger partial charge is 0.306 e. The van der Waals surface area contributed by atoms with Crippen LogP contribution in [0.5, 0.6) is 0 Å². The van der Waals surface area contributed by atoms with Gasteiger partial charge in [-0.15, -0.1) is 0 Å². The molecule has 0 aromatic heterocycles. The average molecular weight is 394 g/mol. The van der Waals surface area contributed by atoms with Crippen LogP contribution in [-0.4, -0.2) is 36.7 Å². The lowest BCUT2D eigenvalue weighted by Crippen LogP contribution is -2.24. The number of anilines is 2. The molecular weight excluding hydrogens is 372 g/mol. The van der Waals surface area contributed by atoms with Crippen molar-refractivity contribution in [3.63, 3.8) is 0 Å². The number of hydrogen-bond donors (Lipinski definition) is 1. The minimum Gasteiger partial charge on any atom is -0.456 e. The number of Topliss-reactive ketones (excluding diaryl/α,β-unsaturated/α-hetero) is 1. The molecule has 7 heteroatoms. The summed E-state index contributed by atoms with van der Waals surface area (Å²) in [4.78, 5) is 49.3. The molecule has 0 atom stereocenters. The van der Waals surface area contributed by atoms with Crippen LogP contribution in [0.4, 0.5) is 11.4 Å². The number of carbonyl (C=O) groups excluding carboxylic acids is 4. The summed E-state index contributed by atoms with van der Waals surface area (Å²) in [5.41, 5.74) is 1.78. The maximum absolute atomic E-state index is 12.0. The molecule has 3 rings (SSSR count). The van der Waals surface area contributed by atoms with Crippen molar-refractivity contribution in [3.05, 3.63) is 60.2 Å². The zero-order valence-corrected chi connectivity index (χ0v) is 15.9. The SMILES string of the molecule is O=C(COC(=O)CCC(=O)c1ccccc1)Nc1cccc(N2CCCC2=O)c1. The molecule has 1 aliphatic heterocycles. The number of nitrogens with one attached hydrogen (secondary N) is 1. The van der Waals surface area contributed by atoms with Crippen LogP contribution in [0.15, 0.2) is 54.6 Å². The number of esters is 1. The van der Waals surface area contributed by atoms with Gasteiger partial charge in [-0.1, -0.05) is 36.4 Å². The van der Waals surface area contributed by atoms with Gasteiger partial charge < -0.3 is 15.0 Å². The van der Waals surface area contributed by atoms with Gasteiger partial charge in [0.1, 0.15) is 0 Å². The fourth-order valence-electron chi connectivity index (χ4n) is 3.07. The minimum absolute atomic E-state index is 0.0242. The Kier molecular flexibility index (Phi) is 6.73. The lowest BCUT2D eigenvalue weighted by atomic mass is 10.1. The van der Waals surface area contributed by atoms with Crippen molar-refractivity contribution in [2.24, 2.45) is 0 Å². The van der Waals surface area contributed by atoms with E-state index in [1.807, 2.05) is 12.1 Å². The molecule has 2 aromatic rings. The van der Waals surface area contributed by atoms with Gasteiger partial charge in [0.2, 0.25) is 5.91 Å². The average Bonchev–Trinajstić information content (AvgIpc) is 3.17. The van der Waals surface area contributed by atoms with Crippen LogP contribution < -0.4 is 10.2 Å². The molecule has 0 bridgehead atoms. The predicted octanol–water partition coefficient (Wildman–Crippen LogP) is 2.96. The number of benzene rings is 2. The summed E-state index contributed by atoms with van der Waals surface area (Å²) in [7, 11) is 0. The lowest BCUT2D eigenvalue weighted by molar-refractivity contribution is -0.147.